The van der Waals surface area contributed by atoms with Crippen molar-refractivity contribution in [2.45, 2.75) is 63.3 Å². The first-order valence-electron chi connectivity index (χ1n) is 9.78. The Morgan fingerprint density at radius 3 is 2.36 bits per heavy atom. The normalized spacial score (nSPS) is 27.3. The molecule has 1 aliphatic heterocycles. The van der Waals surface area contributed by atoms with Crippen molar-refractivity contribution in [1.29, 1.82) is 0 Å². The van der Waals surface area contributed by atoms with Gasteiger partial charge in [-0.2, -0.15) is 0 Å². The number of piperidine rings is 1. The van der Waals surface area contributed by atoms with E-state index in [4.69, 9.17) is 0 Å². The minimum absolute atomic E-state index is 0.207. The maximum atomic E-state index is 16.3. The molecule has 2 fully saturated rings. The SMILES string of the molecule is CC(C)(C)[S+]([O-])N=C1C(F)(Cc2ccccc2)CCC12CCN(C(=O)O)CC2. The van der Waals surface area contributed by atoms with Gasteiger partial charge in [-0.15, -0.1) is 0 Å². The summed E-state index contributed by atoms with van der Waals surface area (Å²) >= 11 is -1.56. The lowest BCUT2D eigenvalue weighted by Crippen LogP contribution is -2.48. The highest BCUT2D eigenvalue weighted by atomic mass is 32.2. The highest BCUT2D eigenvalue weighted by Gasteiger charge is 2.57. The zero-order valence-corrected chi connectivity index (χ0v) is 17.6. The van der Waals surface area contributed by atoms with E-state index < -0.39 is 33.3 Å². The molecule has 2 atom stereocenters. The van der Waals surface area contributed by atoms with Crippen molar-refractivity contribution >= 4 is 23.2 Å². The minimum atomic E-state index is -1.65. The summed E-state index contributed by atoms with van der Waals surface area (Å²) in [4.78, 5) is 12.7. The van der Waals surface area contributed by atoms with Crippen molar-refractivity contribution in [2.75, 3.05) is 13.1 Å². The monoisotopic (exact) mass is 408 g/mol. The van der Waals surface area contributed by atoms with Crippen LogP contribution in [0, 0.1) is 5.41 Å². The fraction of sp³-hybridized carbons (Fsp3) is 0.619. The maximum absolute atomic E-state index is 16.3. The predicted octanol–water partition coefficient (Wildman–Crippen LogP) is 4.39. The van der Waals surface area contributed by atoms with Crippen LogP contribution in [0.4, 0.5) is 9.18 Å². The van der Waals surface area contributed by atoms with Crippen LogP contribution in [0.5, 0.6) is 0 Å². The number of halogens is 1. The molecule has 1 aliphatic carbocycles. The Hall–Kier alpha value is -1.60. The zero-order valence-electron chi connectivity index (χ0n) is 16.8. The van der Waals surface area contributed by atoms with Crippen molar-refractivity contribution in [1.82, 2.24) is 4.90 Å². The molecule has 1 aromatic rings. The Balaban J connectivity index is 1.95. The first-order valence-corrected chi connectivity index (χ1v) is 10.9. The maximum Gasteiger partial charge on any atom is 0.407 e. The van der Waals surface area contributed by atoms with Gasteiger partial charge in [0.15, 0.2) is 5.67 Å². The van der Waals surface area contributed by atoms with Crippen LogP contribution in [0.15, 0.2) is 34.7 Å². The Kier molecular flexibility index (Phi) is 5.79. The third-order valence-electron chi connectivity index (χ3n) is 5.94. The van der Waals surface area contributed by atoms with Crippen LogP contribution < -0.4 is 0 Å². The standard InChI is InChI=1S/C21H29FN2O3S/c1-19(2,3)28(27)23-17-20(11-13-24(14-12-20)18(25)26)9-10-21(17,22)15-16-7-5-4-6-8-16/h4-8H,9-15H2,1-3H3,(H,25,26). The summed E-state index contributed by atoms with van der Waals surface area (Å²) < 4.78 is 33.0. The van der Waals surface area contributed by atoms with E-state index in [-0.39, 0.29) is 6.42 Å². The molecule has 3 rings (SSSR count). The lowest BCUT2D eigenvalue weighted by Gasteiger charge is -2.39. The molecule has 2 unspecified atom stereocenters. The number of benzene rings is 1. The van der Waals surface area contributed by atoms with E-state index >= 15 is 4.39 Å². The molecule has 7 heteroatoms. The van der Waals surface area contributed by atoms with E-state index in [0.717, 1.165) is 5.56 Å². The van der Waals surface area contributed by atoms with Gasteiger partial charge in [0.05, 0.1) is 0 Å². The van der Waals surface area contributed by atoms with Crippen LogP contribution in [0.25, 0.3) is 0 Å². The molecule has 1 saturated heterocycles. The average Bonchev–Trinajstić information content (AvgIpc) is 2.88. The Bertz CT molecular complexity index is 742. The van der Waals surface area contributed by atoms with Crippen molar-refractivity contribution < 1.29 is 18.8 Å². The fourth-order valence-corrected chi connectivity index (χ4v) is 5.05. The highest BCUT2D eigenvalue weighted by Crippen LogP contribution is 2.52. The molecule has 1 N–H and O–H groups in total. The van der Waals surface area contributed by atoms with E-state index in [1.54, 1.807) is 0 Å². The second kappa shape index (κ2) is 7.67. The lowest BCUT2D eigenvalue weighted by molar-refractivity contribution is 0.113. The molecule has 0 bridgehead atoms. The number of carboxylic acid groups (broad SMARTS) is 1. The second-order valence-electron chi connectivity index (χ2n) is 8.98. The van der Waals surface area contributed by atoms with Gasteiger partial charge < -0.3 is 14.6 Å². The number of likely N-dealkylation sites (tertiary alicyclic amines) is 1. The van der Waals surface area contributed by atoms with Crippen LogP contribution in [0.1, 0.15) is 52.0 Å². The quantitative estimate of drug-likeness (QED) is 0.754. The van der Waals surface area contributed by atoms with Crippen LogP contribution in [-0.4, -0.2) is 49.9 Å². The summed E-state index contributed by atoms with van der Waals surface area (Å²) in [6.45, 7) is 6.21. The molecule has 1 aromatic carbocycles. The van der Waals surface area contributed by atoms with Gasteiger partial charge in [-0.3, -0.25) is 0 Å². The Morgan fingerprint density at radius 1 is 1.21 bits per heavy atom. The molecular weight excluding hydrogens is 379 g/mol. The molecule has 154 valence electrons. The fourth-order valence-electron chi connectivity index (χ4n) is 4.25. The topological polar surface area (TPSA) is 76.0 Å². The third-order valence-corrected chi connectivity index (χ3v) is 7.34. The summed E-state index contributed by atoms with van der Waals surface area (Å²) in [5, 5.41) is 9.26. The number of rotatable bonds is 3. The van der Waals surface area contributed by atoms with Gasteiger partial charge in [-0.05, 0) is 52.0 Å². The second-order valence-corrected chi connectivity index (χ2v) is 10.9. The number of hydrogen-bond acceptors (Lipinski definition) is 3. The molecule has 2 aliphatic rings. The van der Waals surface area contributed by atoms with Gasteiger partial charge in [0.2, 0.25) is 0 Å². The van der Waals surface area contributed by atoms with Gasteiger partial charge in [0.1, 0.15) is 21.8 Å². The molecule has 1 amide bonds. The summed E-state index contributed by atoms with van der Waals surface area (Å²) in [6, 6.07) is 9.48. The minimum Gasteiger partial charge on any atom is -0.591 e. The largest absolute Gasteiger partial charge is 0.591 e. The van der Waals surface area contributed by atoms with Crippen LogP contribution in [-0.2, 0) is 17.8 Å². The zero-order chi connectivity index (χ0) is 20.6. The van der Waals surface area contributed by atoms with Crippen molar-refractivity contribution in [3.63, 3.8) is 0 Å². The van der Waals surface area contributed by atoms with E-state index in [2.05, 4.69) is 4.40 Å². The Labute approximate surface area is 169 Å². The van der Waals surface area contributed by atoms with Gasteiger partial charge in [-0.25, -0.2) is 9.18 Å². The average molecular weight is 409 g/mol. The lowest BCUT2D eigenvalue weighted by atomic mass is 9.74. The molecule has 5 nitrogen and oxygen atoms in total. The van der Waals surface area contributed by atoms with Gasteiger partial charge in [-0.1, -0.05) is 34.7 Å². The number of amides is 1. The molecule has 1 spiro atoms. The first-order chi connectivity index (χ1) is 13.1. The third kappa shape index (κ3) is 4.20. The van der Waals surface area contributed by atoms with E-state index in [0.29, 0.717) is 44.5 Å². The summed E-state index contributed by atoms with van der Waals surface area (Å²) in [5.74, 6) is 0. The molecule has 1 saturated carbocycles. The van der Waals surface area contributed by atoms with Crippen LogP contribution in [0.2, 0.25) is 0 Å². The van der Waals surface area contributed by atoms with Gasteiger partial charge in [0, 0.05) is 24.9 Å². The number of hydrogen-bond donors (Lipinski definition) is 1. The molecular formula is C21H29FN2O3S. The van der Waals surface area contributed by atoms with Crippen molar-refractivity contribution in [3.8, 4) is 0 Å². The number of alkyl halides is 1. The van der Waals surface area contributed by atoms with E-state index in [1.165, 1.54) is 4.90 Å². The predicted molar refractivity (Wildman–Crippen MR) is 110 cm³/mol. The van der Waals surface area contributed by atoms with E-state index in [9.17, 15) is 14.5 Å². The smallest absolute Gasteiger partial charge is 0.407 e. The number of carbonyl (C=O) groups is 1. The van der Waals surface area contributed by atoms with E-state index in [1.807, 2.05) is 51.1 Å². The van der Waals surface area contributed by atoms with Gasteiger partial charge >= 0.3 is 6.09 Å². The van der Waals surface area contributed by atoms with Crippen molar-refractivity contribution in [2.24, 2.45) is 9.81 Å². The molecule has 1 heterocycles. The molecule has 28 heavy (non-hydrogen) atoms. The number of nitrogens with zero attached hydrogens (tertiary/aromatic N) is 2. The summed E-state index contributed by atoms with van der Waals surface area (Å²) in [7, 11) is 0. The molecule has 0 radical (unpaired) electrons. The molecule has 0 aromatic heterocycles. The summed E-state index contributed by atoms with van der Waals surface area (Å²) in [5.41, 5.74) is -0.870. The van der Waals surface area contributed by atoms with Crippen LogP contribution >= 0.6 is 0 Å². The highest BCUT2D eigenvalue weighted by molar-refractivity contribution is 7.91. The van der Waals surface area contributed by atoms with Gasteiger partial charge in [0.25, 0.3) is 0 Å². The Morgan fingerprint density at radius 2 is 1.82 bits per heavy atom. The van der Waals surface area contributed by atoms with Crippen molar-refractivity contribution in [3.05, 3.63) is 35.9 Å². The summed E-state index contributed by atoms with van der Waals surface area (Å²) in [6.07, 6.45) is 1.26. The van der Waals surface area contributed by atoms with Crippen LogP contribution in [0.3, 0.4) is 0 Å². The first kappa shape index (κ1) is 21.1.